The molecule has 5 nitrogen and oxygen atoms in total. The van der Waals surface area contributed by atoms with Crippen molar-refractivity contribution in [3.63, 3.8) is 0 Å². The summed E-state index contributed by atoms with van der Waals surface area (Å²) in [5.41, 5.74) is 2.46. The standard InChI is InChI=1S/C15H18N4O/c1-11(2)15-14(10-16)17-18-19(15)8-9-20-13-6-4-12(3)5-7-13/h4-7,11H,8-9H2,1-3H3. The second-order valence-corrected chi connectivity index (χ2v) is 4.97. The monoisotopic (exact) mass is 270 g/mol. The normalized spacial score (nSPS) is 10.6. The molecular weight excluding hydrogens is 252 g/mol. The smallest absolute Gasteiger partial charge is 0.186 e. The first-order valence-corrected chi connectivity index (χ1v) is 6.64. The average Bonchev–Trinajstić information content (AvgIpc) is 2.84. The van der Waals surface area contributed by atoms with Crippen LogP contribution in [0.4, 0.5) is 0 Å². The quantitative estimate of drug-likeness (QED) is 0.838. The van der Waals surface area contributed by atoms with Gasteiger partial charge in [-0.05, 0) is 25.0 Å². The molecule has 0 aliphatic carbocycles. The fraction of sp³-hybridized carbons (Fsp3) is 0.400. The van der Waals surface area contributed by atoms with Crippen molar-refractivity contribution < 1.29 is 4.74 Å². The van der Waals surface area contributed by atoms with Crippen molar-refractivity contribution in [3.8, 4) is 11.8 Å². The Kier molecular flexibility index (Phi) is 4.36. The zero-order chi connectivity index (χ0) is 14.5. The number of aryl methyl sites for hydroxylation is 1. The largest absolute Gasteiger partial charge is 0.492 e. The van der Waals surface area contributed by atoms with Crippen LogP contribution < -0.4 is 4.74 Å². The Labute approximate surface area is 118 Å². The van der Waals surface area contributed by atoms with Gasteiger partial charge in [-0.25, -0.2) is 4.68 Å². The number of nitrogens with zero attached hydrogens (tertiary/aromatic N) is 4. The lowest BCUT2D eigenvalue weighted by atomic mass is 10.1. The fourth-order valence-electron chi connectivity index (χ4n) is 2.02. The van der Waals surface area contributed by atoms with E-state index in [2.05, 4.69) is 16.4 Å². The van der Waals surface area contributed by atoms with Gasteiger partial charge in [-0.1, -0.05) is 36.8 Å². The van der Waals surface area contributed by atoms with E-state index in [1.807, 2.05) is 45.0 Å². The summed E-state index contributed by atoms with van der Waals surface area (Å²) in [5.74, 6) is 1.04. The summed E-state index contributed by atoms with van der Waals surface area (Å²) >= 11 is 0. The van der Waals surface area contributed by atoms with Gasteiger partial charge in [0.05, 0.1) is 12.2 Å². The third-order valence-corrected chi connectivity index (χ3v) is 3.02. The molecule has 0 aliphatic rings. The van der Waals surface area contributed by atoms with Gasteiger partial charge in [0.25, 0.3) is 0 Å². The molecule has 0 radical (unpaired) electrons. The first-order chi connectivity index (χ1) is 9.61. The predicted octanol–water partition coefficient (Wildman–Crippen LogP) is 2.66. The first-order valence-electron chi connectivity index (χ1n) is 6.64. The first kappa shape index (κ1) is 14.1. The van der Waals surface area contributed by atoms with Crippen molar-refractivity contribution in [2.75, 3.05) is 6.61 Å². The van der Waals surface area contributed by atoms with Gasteiger partial charge in [0.1, 0.15) is 18.4 Å². The highest BCUT2D eigenvalue weighted by Crippen LogP contribution is 2.17. The van der Waals surface area contributed by atoms with Crippen molar-refractivity contribution in [3.05, 3.63) is 41.2 Å². The minimum Gasteiger partial charge on any atom is -0.492 e. The Balaban J connectivity index is 1.99. The lowest BCUT2D eigenvalue weighted by molar-refractivity contribution is 0.286. The van der Waals surface area contributed by atoms with Gasteiger partial charge < -0.3 is 4.74 Å². The molecule has 0 spiro atoms. The number of aromatic nitrogens is 3. The van der Waals surface area contributed by atoms with Crippen LogP contribution in [-0.4, -0.2) is 21.6 Å². The van der Waals surface area contributed by atoms with E-state index >= 15 is 0 Å². The Hall–Kier alpha value is -2.35. The van der Waals surface area contributed by atoms with E-state index in [4.69, 9.17) is 10.00 Å². The molecule has 2 rings (SSSR count). The molecule has 0 fully saturated rings. The number of hydrogen-bond donors (Lipinski definition) is 0. The van der Waals surface area contributed by atoms with Gasteiger partial charge in [0.15, 0.2) is 5.69 Å². The zero-order valence-electron chi connectivity index (χ0n) is 12.0. The van der Waals surface area contributed by atoms with Crippen molar-refractivity contribution in [1.82, 2.24) is 15.0 Å². The molecule has 0 bridgehead atoms. The van der Waals surface area contributed by atoms with Crippen LogP contribution in [0.2, 0.25) is 0 Å². The number of nitriles is 1. The average molecular weight is 270 g/mol. The van der Waals surface area contributed by atoms with E-state index in [0.717, 1.165) is 11.4 Å². The molecule has 0 amide bonds. The van der Waals surface area contributed by atoms with Gasteiger partial charge in [-0.2, -0.15) is 5.26 Å². The molecule has 0 unspecified atom stereocenters. The van der Waals surface area contributed by atoms with Crippen LogP contribution in [0.25, 0.3) is 0 Å². The molecule has 2 aromatic rings. The highest BCUT2D eigenvalue weighted by Gasteiger charge is 2.15. The molecule has 0 aliphatic heterocycles. The molecule has 1 aromatic carbocycles. The van der Waals surface area contributed by atoms with Crippen LogP contribution >= 0.6 is 0 Å². The molecule has 0 atom stereocenters. The summed E-state index contributed by atoms with van der Waals surface area (Å²) in [6.07, 6.45) is 0. The van der Waals surface area contributed by atoms with Crippen molar-refractivity contribution in [1.29, 1.82) is 5.26 Å². The van der Waals surface area contributed by atoms with E-state index < -0.39 is 0 Å². The van der Waals surface area contributed by atoms with E-state index in [0.29, 0.717) is 18.8 Å². The van der Waals surface area contributed by atoms with Gasteiger partial charge in [-0.15, -0.1) is 5.10 Å². The van der Waals surface area contributed by atoms with Gasteiger partial charge in [0.2, 0.25) is 0 Å². The Bertz CT molecular complexity index is 608. The van der Waals surface area contributed by atoms with Crippen LogP contribution in [0, 0.1) is 18.3 Å². The molecule has 20 heavy (non-hydrogen) atoms. The lowest BCUT2D eigenvalue weighted by Crippen LogP contribution is -2.13. The third kappa shape index (κ3) is 3.15. The maximum absolute atomic E-state index is 9.01. The second-order valence-electron chi connectivity index (χ2n) is 4.97. The van der Waals surface area contributed by atoms with Gasteiger partial charge in [-0.3, -0.25) is 0 Å². The van der Waals surface area contributed by atoms with E-state index in [1.165, 1.54) is 5.56 Å². The van der Waals surface area contributed by atoms with Crippen molar-refractivity contribution >= 4 is 0 Å². The van der Waals surface area contributed by atoms with Gasteiger partial charge >= 0.3 is 0 Å². The summed E-state index contributed by atoms with van der Waals surface area (Å²) in [5, 5.41) is 16.9. The molecule has 0 saturated carbocycles. The van der Waals surface area contributed by atoms with Crippen molar-refractivity contribution in [2.45, 2.75) is 33.2 Å². The summed E-state index contributed by atoms with van der Waals surface area (Å²) in [7, 11) is 0. The Morgan fingerprint density at radius 3 is 2.60 bits per heavy atom. The van der Waals surface area contributed by atoms with Crippen molar-refractivity contribution in [2.24, 2.45) is 0 Å². The fourth-order valence-corrected chi connectivity index (χ4v) is 2.02. The number of rotatable bonds is 5. The summed E-state index contributed by atoms with van der Waals surface area (Å²) in [6, 6.07) is 9.99. The Morgan fingerprint density at radius 1 is 1.30 bits per heavy atom. The number of hydrogen-bond acceptors (Lipinski definition) is 4. The van der Waals surface area contributed by atoms with E-state index in [-0.39, 0.29) is 5.92 Å². The molecule has 1 aromatic heterocycles. The highest BCUT2D eigenvalue weighted by atomic mass is 16.5. The minimum atomic E-state index is 0.207. The SMILES string of the molecule is Cc1ccc(OCCn2nnc(C#N)c2C(C)C)cc1. The molecular formula is C15H18N4O. The van der Waals surface area contributed by atoms with Gasteiger partial charge in [0, 0.05) is 0 Å². The summed E-state index contributed by atoms with van der Waals surface area (Å²) < 4.78 is 7.42. The highest BCUT2D eigenvalue weighted by molar-refractivity contribution is 5.27. The van der Waals surface area contributed by atoms with Crippen LogP contribution in [0.3, 0.4) is 0 Å². The molecule has 0 saturated heterocycles. The molecule has 1 heterocycles. The summed E-state index contributed by atoms with van der Waals surface area (Å²) in [6.45, 7) is 7.17. The molecule has 104 valence electrons. The maximum Gasteiger partial charge on any atom is 0.186 e. The van der Waals surface area contributed by atoms with Crippen LogP contribution in [0.5, 0.6) is 5.75 Å². The lowest BCUT2D eigenvalue weighted by Gasteiger charge is -2.10. The van der Waals surface area contributed by atoms with Crippen LogP contribution in [0.15, 0.2) is 24.3 Å². The Morgan fingerprint density at radius 2 is 2.00 bits per heavy atom. The second kappa shape index (κ2) is 6.20. The number of ether oxygens (including phenoxy) is 1. The van der Waals surface area contributed by atoms with E-state index in [1.54, 1.807) is 4.68 Å². The zero-order valence-corrected chi connectivity index (χ0v) is 12.0. The maximum atomic E-state index is 9.01. The predicted molar refractivity (Wildman–Crippen MR) is 75.5 cm³/mol. The third-order valence-electron chi connectivity index (χ3n) is 3.02. The van der Waals surface area contributed by atoms with E-state index in [9.17, 15) is 0 Å². The minimum absolute atomic E-state index is 0.207. The summed E-state index contributed by atoms with van der Waals surface area (Å²) in [4.78, 5) is 0. The number of benzene rings is 1. The molecule has 0 N–H and O–H groups in total. The van der Waals surface area contributed by atoms with Crippen LogP contribution in [-0.2, 0) is 6.54 Å². The topological polar surface area (TPSA) is 63.7 Å². The van der Waals surface area contributed by atoms with Crippen LogP contribution in [0.1, 0.15) is 36.7 Å². The molecule has 5 heteroatoms.